The van der Waals surface area contributed by atoms with Crippen LogP contribution in [0.4, 0.5) is 11.5 Å². The molecule has 6 heteroatoms. The fraction of sp³-hybridized carbons (Fsp3) is 0.188. The number of hydrogen-bond acceptors (Lipinski definition) is 5. The Balaban J connectivity index is 0.00000264. The summed E-state index contributed by atoms with van der Waals surface area (Å²) in [6.07, 6.45) is 1.35. The Morgan fingerprint density at radius 3 is 2.68 bits per heavy atom. The van der Waals surface area contributed by atoms with Crippen LogP contribution < -0.4 is 11.1 Å². The van der Waals surface area contributed by atoms with Crippen LogP contribution in [0.15, 0.2) is 36.5 Å². The van der Waals surface area contributed by atoms with Crippen LogP contribution in [0, 0.1) is 11.8 Å². The molecule has 0 spiro atoms. The lowest BCUT2D eigenvalue weighted by Crippen LogP contribution is -2.18. The molecule has 0 fully saturated rings. The number of aliphatic hydroxyl groups is 1. The number of carbonyl (C=O) groups excluding carboxylic acids is 1. The summed E-state index contributed by atoms with van der Waals surface area (Å²) in [6, 6.07) is 8.95. The maximum absolute atomic E-state index is 12.2. The first-order valence-electron chi connectivity index (χ1n) is 6.59. The maximum atomic E-state index is 12.2. The molecule has 0 saturated heterocycles. The predicted molar refractivity (Wildman–Crippen MR) is 88.2 cm³/mol. The van der Waals surface area contributed by atoms with Crippen molar-refractivity contribution in [2.75, 3.05) is 11.1 Å². The van der Waals surface area contributed by atoms with Crippen molar-refractivity contribution in [3.63, 3.8) is 0 Å². The van der Waals surface area contributed by atoms with E-state index in [9.17, 15) is 9.90 Å². The van der Waals surface area contributed by atoms with E-state index in [0.29, 0.717) is 5.69 Å². The highest BCUT2D eigenvalue weighted by atomic mass is 16.3. The van der Waals surface area contributed by atoms with Gasteiger partial charge in [0.1, 0.15) is 11.3 Å². The molecule has 0 aliphatic heterocycles. The van der Waals surface area contributed by atoms with Gasteiger partial charge in [0, 0.05) is 8.54 Å². The van der Waals surface area contributed by atoms with Gasteiger partial charge in [-0.05, 0) is 31.9 Å². The number of aromatic nitrogens is 2. The lowest BCUT2D eigenvalue weighted by Gasteiger charge is -2.07. The summed E-state index contributed by atoms with van der Waals surface area (Å²) in [5.74, 6) is 4.81. The van der Waals surface area contributed by atoms with Gasteiger partial charge in [0.05, 0.1) is 6.20 Å². The van der Waals surface area contributed by atoms with Crippen LogP contribution in [0.3, 0.4) is 0 Å². The summed E-state index contributed by atoms with van der Waals surface area (Å²) < 4.78 is 0. The van der Waals surface area contributed by atoms with Crippen molar-refractivity contribution in [1.29, 1.82) is 0 Å². The Labute approximate surface area is 131 Å². The second-order valence-corrected chi connectivity index (χ2v) is 5.12. The number of nitrogens with two attached hydrogens (primary N) is 1. The van der Waals surface area contributed by atoms with E-state index >= 15 is 0 Å². The van der Waals surface area contributed by atoms with Crippen LogP contribution in [0.1, 0.15) is 32.9 Å². The molecule has 1 amide bonds. The highest BCUT2D eigenvalue weighted by Gasteiger charge is 2.14. The van der Waals surface area contributed by atoms with Crippen molar-refractivity contribution in [3.8, 4) is 11.8 Å². The second-order valence-electron chi connectivity index (χ2n) is 5.12. The number of benzene rings is 1. The van der Waals surface area contributed by atoms with Crippen LogP contribution in [0.2, 0.25) is 0 Å². The average Bonchev–Trinajstić information content (AvgIpc) is 2.46. The summed E-state index contributed by atoms with van der Waals surface area (Å²) in [4.78, 5) is 20.2. The summed E-state index contributed by atoms with van der Waals surface area (Å²) in [5, 5.41) is 12.3. The van der Waals surface area contributed by atoms with Crippen LogP contribution in [-0.2, 0) is 0 Å². The number of hydrogen-bond donors (Lipinski definition) is 3. The molecule has 0 aliphatic rings. The molecule has 116 valence electrons. The van der Waals surface area contributed by atoms with E-state index in [1.807, 2.05) is 6.07 Å². The van der Waals surface area contributed by atoms with Crippen molar-refractivity contribution < 1.29 is 12.8 Å². The van der Waals surface area contributed by atoms with E-state index in [0.717, 1.165) is 0 Å². The van der Waals surface area contributed by atoms with E-state index in [1.165, 1.54) is 6.20 Å². The molecule has 0 unspecified atom stereocenters. The lowest BCUT2D eigenvalue weighted by atomic mass is 10.1. The minimum absolute atomic E-state index is 0. The van der Waals surface area contributed by atoms with E-state index in [1.54, 1.807) is 38.1 Å². The lowest BCUT2D eigenvalue weighted by molar-refractivity contribution is 0.102. The first kappa shape index (κ1) is 15.5. The number of rotatable bonds is 2. The first-order valence-corrected chi connectivity index (χ1v) is 6.59. The van der Waals surface area contributed by atoms with Gasteiger partial charge in [-0.2, -0.15) is 0 Å². The number of amides is 1. The molecular formula is C16H20N4O2. The van der Waals surface area contributed by atoms with Gasteiger partial charge < -0.3 is 16.2 Å². The Morgan fingerprint density at radius 1 is 1.36 bits per heavy atom. The topological polar surface area (TPSA) is 101 Å². The zero-order chi connectivity index (χ0) is 16.2. The molecule has 1 aromatic heterocycles. The molecule has 0 bridgehead atoms. The number of nitrogens with one attached hydrogen (secondary N) is 1. The third kappa shape index (κ3) is 4.30. The van der Waals surface area contributed by atoms with Gasteiger partial charge in [-0.3, -0.25) is 4.79 Å². The van der Waals surface area contributed by atoms with Crippen molar-refractivity contribution in [2.45, 2.75) is 19.4 Å². The van der Waals surface area contributed by atoms with Gasteiger partial charge in [-0.25, -0.2) is 9.97 Å². The van der Waals surface area contributed by atoms with Crippen LogP contribution in [0.5, 0.6) is 0 Å². The molecule has 0 atom stereocenters. The smallest absolute Gasteiger partial charge is 0.278 e. The second kappa shape index (κ2) is 6.24. The van der Waals surface area contributed by atoms with Crippen molar-refractivity contribution in [2.24, 2.45) is 0 Å². The summed E-state index contributed by atoms with van der Waals surface area (Å²) in [5.41, 5.74) is 5.41. The normalized spacial score (nSPS) is 10.5. The molecule has 6 nitrogen and oxygen atoms in total. The van der Waals surface area contributed by atoms with Crippen molar-refractivity contribution in [1.82, 2.24) is 9.97 Å². The zero-order valence-corrected chi connectivity index (χ0v) is 12.3. The van der Waals surface area contributed by atoms with Crippen LogP contribution >= 0.6 is 0 Å². The molecule has 2 aromatic rings. The summed E-state index contributed by atoms with van der Waals surface area (Å²) >= 11 is 0. The zero-order valence-electron chi connectivity index (χ0n) is 12.3. The Kier molecular flexibility index (Phi) is 4.39. The van der Waals surface area contributed by atoms with Gasteiger partial charge in [0.25, 0.3) is 5.91 Å². The standard InChI is InChI=1S/C16H16N4O2.2H2/c1-16(2,22)9-8-12-10-18-14(17)13(19-12)15(21)20-11-6-4-3-5-7-11;;/h3-7,10,22H,1-2H3,(H2,17,18)(H,20,21);2*1H. The van der Waals surface area contributed by atoms with E-state index < -0.39 is 11.5 Å². The monoisotopic (exact) mass is 300 g/mol. The quantitative estimate of drug-likeness (QED) is 0.736. The molecule has 22 heavy (non-hydrogen) atoms. The molecule has 0 radical (unpaired) electrons. The third-order valence-electron chi connectivity index (χ3n) is 2.54. The molecule has 4 N–H and O–H groups in total. The third-order valence-corrected chi connectivity index (χ3v) is 2.54. The number of anilines is 2. The number of carbonyl (C=O) groups is 1. The van der Waals surface area contributed by atoms with Gasteiger partial charge in [-0.15, -0.1) is 0 Å². The van der Waals surface area contributed by atoms with Gasteiger partial charge in [0.15, 0.2) is 11.5 Å². The molecule has 0 saturated carbocycles. The number of nitrogen functional groups attached to an aromatic ring is 1. The first-order chi connectivity index (χ1) is 10.3. The SMILES string of the molecule is CC(C)(O)C#Cc1cnc(N)c(C(=O)Nc2ccccc2)n1.[HH].[HH]. The van der Waals surface area contributed by atoms with Crippen LogP contribution in [-0.4, -0.2) is 26.6 Å². The largest absolute Gasteiger partial charge is 0.382 e. The minimum Gasteiger partial charge on any atom is -0.382 e. The molecular weight excluding hydrogens is 280 g/mol. The molecule has 1 heterocycles. The van der Waals surface area contributed by atoms with Crippen molar-refractivity contribution in [3.05, 3.63) is 47.9 Å². The van der Waals surface area contributed by atoms with E-state index in [-0.39, 0.29) is 20.1 Å². The summed E-state index contributed by atoms with van der Waals surface area (Å²) in [7, 11) is 0. The van der Waals surface area contributed by atoms with E-state index in [2.05, 4.69) is 27.1 Å². The predicted octanol–water partition coefficient (Wildman–Crippen LogP) is 1.93. The highest BCUT2D eigenvalue weighted by Crippen LogP contribution is 2.11. The van der Waals surface area contributed by atoms with E-state index in [4.69, 9.17) is 5.73 Å². The van der Waals surface area contributed by atoms with Gasteiger partial charge in [-0.1, -0.05) is 24.1 Å². The Bertz CT molecular complexity index is 750. The van der Waals surface area contributed by atoms with Crippen LogP contribution in [0.25, 0.3) is 0 Å². The minimum atomic E-state index is -1.16. The Hall–Kier alpha value is -2.91. The number of para-hydroxylation sites is 1. The molecule has 0 aliphatic carbocycles. The highest BCUT2D eigenvalue weighted by molar-refractivity contribution is 6.05. The average molecular weight is 300 g/mol. The maximum Gasteiger partial charge on any atom is 0.278 e. The van der Waals surface area contributed by atoms with Gasteiger partial charge >= 0.3 is 0 Å². The molecule has 2 rings (SSSR count). The fourth-order valence-electron chi connectivity index (χ4n) is 1.55. The molecule has 1 aromatic carbocycles. The summed E-state index contributed by atoms with van der Waals surface area (Å²) in [6.45, 7) is 3.10. The van der Waals surface area contributed by atoms with Crippen molar-refractivity contribution >= 4 is 17.4 Å². The fourth-order valence-corrected chi connectivity index (χ4v) is 1.55. The Morgan fingerprint density at radius 2 is 2.05 bits per heavy atom. The van der Waals surface area contributed by atoms with Gasteiger partial charge in [0.2, 0.25) is 0 Å². The number of nitrogens with zero attached hydrogens (tertiary/aromatic N) is 2.